The molecule has 0 fully saturated rings. The standard InChI is InChI=1S/C14H14FN3S/c1-9-5-6-16-13(7-9)18-14(19)17-11-4-3-10(2)12(15)8-11/h3-8H,1-2H3,(H2,16,17,18,19). The molecule has 5 heteroatoms. The van der Waals surface area contributed by atoms with Crippen molar-refractivity contribution in [2.24, 2.45) is 0 Å². The van der Waals surface area contributed by atoms with Crippen molar-refractivity contribution in [2.75, 3.05) is 10.6 Å². The second-order valence-electron chi connectivity index (χ2n) is 4.26. The number of anilines is 2. The van der Waals surface area contributed by atoms with Gasteiger partial charge in [0.25, 0.3) is 0 Å². The second kappa shape index (κ2) is 5.75. The summed E-state index contributed by atoms with van der Waals surface area (Å²) in [6.45, 7) is 3.69. The molecular weight excluding hydrogens is 261 g/mol. The Hall–Kier alpha value is -2.01. The number of pyridine rings is 1. The summed E-state index contributed by atoms with van der Waals surface area (Å²) >= 11 is 5.15. The van der Waals surface area contributed by atoms with Crippen LogP contribution in [0, 0.1) is 19.7 Å². The molecule has 0 amide bonds. The summed E-state index contributed by atoms with van der Waals surface area (Å²) in [6.07, 6.45) is 1.70. The van der Waals surface area contributed by atoms with E-state index in [1.165, 1.54) is 6.07 Å². The van der Waals surface area contributed by atoms with E-state index in [0.29, 0.717) is 22.2 Å². The molecule has 2 aromatic rings. The number of hydrogen-bond donors (Lipinski definition) is 2. The largest absolute Gasteiger partial charge is 0.332 e. The number of halogens is 1. The lowest BCUT2D eigenvalue weighted by Gasteiger charge is -2.10. The van der Waals surface area contributed by atoms with Gasteiger partial charge in [-0.1, -0.05) is 6.07 Å². The van der Waals surface area contributed by atoms with E-state index in [-0.39, 0.29) is 5.82 Å². The Morgan fingerprint density at radius 3 is 2.63 bits per heavy atom. The van der Waals surface area contributed by atoms with Gasteiger partial charge in [-0.2, -0.15) is 0 Å². The van der Waals surface area contributed by atoms with E-state index >= 15 is 0 Å². The number of benzene rings is 1. The fraction of sp³-hybridized carbons (Fsp3) is 0.143. The molecular formula is C14H14FN3S. The molecule has 19 heavy (non-hydrogen) atoms. The van der Waals surface area contributed by atoms with Gasteiger partial charge >= 0.3 is 0 Å². The molecule has 0 radical (unpaired) electrons. The van der Waals surface area contributed by atoms with Crippen molar-refractivity contribution in [2.45, 2.75) is 13.8 Å². The van der Waals surface area contributed by atoms with Crippen LogP contribution in [0.1, 0.15) is 11.1 Å². The first-order valence-corrected chi connectivity index (χ1v) is 6.22. The zero-order valence-electron chi connectivity index (χ0n) is 10.7. The lowest BCUT2D eigenvalue weighted by molar-refractivity contribution is 0.619. The summed E-state index contributed by atoms with van der Waals surface area (Å²) in [5, 5.41) is 6.25. The van der Waals surface area contributed by atoms with E-state index in [9.17, 15) is 4.39 Å². The van der Waals surface area contributed by atoms with E-state index in [0.717, 1.165) is 5.56 Å². The van der Waals surface area contributed by atoms with Crippen molar-refractivity contribution in [3.63, 3.8) is 0 Å². The Balaban J connectivity index is 2.03. The van der Waals surface area contributed by atoms with Crippen molar-refractivity contribution in [1.82, 2.24) is 4.98 Å². The monoisotopic (exact) mass is 275 g/mol. The molecule has 0 aliphatic heterocycles. The summed E-state index contributed by atoms with van der Waals surface area (Å²) in [5.74, 6) is 0.395. The summed E-state index contributed by atoms with van der Waals surface area (Å²) in [7, 11) is 0. The van der Waals surface area contributed by atoms with Gasteiger partial charge in [0.05, 0.1) is 0 Å². The third kappa shape index (κ3) is 3.72. The Morgan fingerprint density at radius 1 is 1.16 bits per heavy atom. The van der Waals surface area contributed by atoms with E-state index in [2.05, 4.69) is 15.6 Å². The van der Waals surface area contributed by atoms with Gasteiger partial charge < -0.3 is 10.6 Å². The molecule has 0 bridgehead atoms. The first-order chi connectivity index (χ1) is 9.04. The zero-order chi connectivity index (χ0) is 13.8. The molecule has 0 spiro atoms. The van der Waals surface area contributed by atoms with E-state index in [1.54, 1.807) is 25.3 Å². The van der Waals surface area contributed by atoms with Crippen LogP contribution in [0.5, 0.6) is 0 Å². The van der Waals surface area contributed by atoms with Gasteiger partial charge in [0, 0.05) is 11.9 Å². The Morgan fingerprint density at radius 2 is 1.95 bits per heavy atom. The molecule has 0 saturated heterocycles. The first kappa shape index (κ1) is 13.4. The summed E-state index contributed by atoms with van der Waals surface area (Å²) < 4.78 is 13.4. The molecule has 0 saturated carbocycles. The minimum absolute atomic E-state index is 0.263. The number of aromatic nitrogens is 1. The van der Waals surface area contributed by atoms with Gasteiger partial charge in [-0.3, -0.25) is 0 Å². The van der Waals surface area contributed by atoms with Gasteiger partial charge in [0.1, 0.15) is 11.6 Å². The van der Waals surface area contributed by atoms with Crippen LogP contribution in [0.4, 0.5) is 15.9 Å². The van der Waals surface area contributed by atoms with E-state index in [1.807, 2.05) is 19.1 Å². The first-order valence-electron chi connectivity index (χ1n) is 5.81. The van der Waals surface area contributed by atoms with Crippen LogP contribution in [0.2, 0.25) is 0 Å². The molecule has 2 rings (SSSR count). The Kier molecular flexibility index (Phi) is 4.06. The minimum atomic E-state index is -0.263. The number of rotatable bonds is 2. The third-order valence-corrected chi connectivity index (χ3v) is 2.79. The molecule has 1 aromatic carbocycles. The van der Waals surface area contributed by atoms with Gasteiger partial charge in [-0.15, -0.1) is 0 Å². The molecule has 1 aromatic heterocycles. The predicted molar refractivity (Wildman–Crippen MR) is 80.0 cm³/mol. The number of aryl methyl sites for hydroxylation is 2. The highest BCUT2D eigenvalue weighted by molar-refractivity contribution is 7.80. The molecule has 98 valence electrons. The minimum Gasteiger partial charge on any atom is -0.332 e. The van der Waals surface area contributed by atoms with Crippen molar-refractivity contribution in [3.8, 4) is 0 Å². The second-order valence-corrected chi connectivity index (χ2v) is 4.67. The molecule has 2 N–H and O–H groups in total. The van der Waals surface area contributed by atoms with E-state index < -0.39 is 0 Å². The normalized spacial score (nSPS) is 10.1. The average molecular weight is 275 g/mol. The summed E-state index contributed by atoms with van der Waals surface area (Å²) in [4.78, 5) is 4.14. The number of nitrogens with one attached hydrogen (secondary N) is 2. The highest BCUT2D eigenvalue weighted by Gasteiger charge is 2.02. The molecule has 0 unspecified atom stereocenters. The molecule has 0 aliphatic carbocycles. The van der Waals surface area contributed by atoms with Gasteiger partial charge in [0.2, 0.25) is 0 Å². The highest BCUT2D eigenvalue weighted by Crippen LogP contribution is 2.14. The number of nitrogens with zero attached hydrogens (tertiary/aromatic N) is 1. The SMILES string of the molecule is Cc1ccnc(NC(=S)Nc2ccc(C)c(F)c2)c1. The number of hydrogen-bond acceptors (Lipinski definition) is 2. The van der Waals surface area contributed by atoms with Gasteiger partial charge in [0.15, 0.2) is 5.11 Å². The lowest BCUT2D eigenvalue weighted by Crippen LogP contribution is -2.19. The average Bonchev–Trinajstić information content (AvgIpc) is 2.34. The predicted octanol–water partition coefficient (Wildman–Crippen LogP) is 3.65. The van der Waals surface area contributed by atoms with Crippen molar-refractivity contribution < 1.29 is 4.39 Å². The van der Waals surface area contributed by atoms with Crippen LogP contribution >= 0.6 is 12.2 Å². The van der Waals surface area contributed by atoms with Crippen LogP contribution in [0.3, 0.4) is 0 Å². The highest BCUT2D eigenvalue weighted by atomic mass is 32.1. The quantitative estimate of drug-likeness (QED) is 0.820. The molecule has 0 atom stereocenters. The van der Waals surface area contributed by atoms with E-state index in [4.69, 9.17) is 12.2 Å². The van der Waals surface area contributed by atoms with Crippen LogP contribution < -0.4 is 10.6 Å². The fourth-order valence-corrected chi connectivity index (χ4v) is 1.78. The molecule has 3 nitrogen and oxygen atoms in total. The fourth-order valence-electron chi connectivity index (χ4n) is 1.55. The van der Waals surface area contributed by atoms with Crippen LogP contribution in [0.25, 0.3) is 0 Å². The Labute approximate surface area is 116 Å². The maximum Gasteiger partial charge on any atom is 0.176 e. The maximum absolute atomic E-state index is 13.4. The summed E-state index contributed by atoms with van der Waals surface area (Å²) in [5.41, 5.74) is 2.29. The van der Waals surface area contributed by atoms with Crippen molar-refractivity contribution >= 4 is 28.8 Å². The zero-order valence-corrected chi connectivity index (χ0v) is 11.5. The topological polar surface area (TPSA) is 37.0 Å². The third-order valence-electron chi connectivity index (χ3n) is 2.59. The van der Waals surface area contributed by atoms with Gasteiger partial charge in [-0.05, 0) is 61.5 Å². The van der Waals surface area contributed by atoms with Crippen LogP contribution in [-0.4, -0.2) is 10.1 Å². The van der Waals surface area contributed by atoms with Crippen LogP contribution in [-0.2, 0) is 0 Å². The molecule has 0 aliphatic rings. The van der Waals surface area contributed by atoms with Crippen molar-refractivity contribution in [3.05, 3.63) is 53.5 Å². The van der Waals surface area contributed by atoms with Crippen LogP contribution in [0.15, 0.2) is 36.5 Å². The van der Waals surface area contributed by atoms with Gasteiger partial charge in [-0.25, -0.2) is 9.37 Å². The molecule has 1 heterocycles. The smallest absolute Gasteiger partial charge is 0.176 e. The van der Waals surface area contributed by atoms with Crippen molar-refractivity contribution in [1.29, 1.82) is 0 Å². The number of thiocarbonyl (C=S) groups is 1. The maximum atomic E-state index is 13.4. The summed E-state index contributed by atoms with van der Waals surface area (Å²) in [6, 6.07) is 8.66. The lowest BCUT2D eigenvalue weighted by atomic mass is 10.2. The Bertz CT molecular complexity index is 613.